The lowest BCUT2D eigenvalue weighted by Gasteiger charge is -2.19. The summed E-state index contributed by atoms with van der Waals surface area (Å²) >= 11 is 0. The lowest BCUT2D eigenvalue weighted by molar-refractivity contribution is 0.0924. The lowest BCUT2D eigenvalue weighted by atomic mass is 10.0. The van der Waals surface area contributed by atoms with Crippen LogP contribution in [0.3, 0.4) is 0 Å². The Bertz CT molecular complexity index is 442. The van der Waals surface area contributed by atoms with Crippen LogP contribution in [-0.2, 0) is 6.54 Å². The standard InChI is InChI=1S/C14H23N3O2/c1-10-4-3-6-17(7-5-10)9-12-8-13(14(18)16-15)19-11(12)2/h8,10H,3-7,9,15H2,1-2H3,(H,16,18). The van der Waals surface area contributed by atoms with Crippen LogP contribution in [0.5, 0.6) is 0 Å². The highest BCUT2D eigenvalue weighted by Crippen LogP contribution is 2.21. The summed E-state index contributed by atoms with van der Waals surface area (Å²) in [6.07, 6.45) is 3.79. The number of nitrogens with one attached hydrogen (secondary N) is 1. The molecule has 19 heavy (non-hydrogen) atoms. The minimum atomic E-state index is -0.376. The minimum absolute atomic E-state index is 0.290. The molecule has 0 radical (unpaired) electrons. The maximum absolute atomic E-state index is 11.4. The Balaban J connectivity index is 2.02. The Labute approximate surface area is 114 Å². The SMILES string of the molecule is Cc1oc(C(=O)NN)cc1CN1CCCC(C)CC1. The van der Waals surface area contributed by atoms with Gasteiger partial charge in [0, 0.05) is 12.1 Å². The first-order chi connectivity index (χ1) is 9.10. The second kappa shape index (κ2) is 6.21. The van der Waals surface area contributed by atoms with Gasteiger partial charge in [-0.1, -0.05) is 6.92 Å². The number of nitrogens with zero attached hydrogens (tertiary/aromatic N) is 1. The van der Waals surface area contributed by atoms with E-state index >= 15 is 0 Å². The molecule has 5 nitrogen and oxygen atoms in total. The number of nitrogens with two attached hydrogens (primary N) is 1. The Hall–Kier alpha value is -1.33. The summed E-state index contributed by atoms with van der Waals surface area (Å²) in [4.78, 5) is 13.9. The second-order valence-electron chi connectivity index (χ2n) is 5.48. The number of hydrazine groups is 1. The minimum Gasteiger partial charge on any atom is -0.456 e. The van der Waals surface area contributed by atoms with E-state index < -0.39 is 0 Å². The van der Waals surface area contributed by atoms with Gasteiger partial charge in [-0.05, 0) is 51.3 Å². The van der Waals surface area contributed by atoms with Gasteiger partial charge in [0.15, 0.2) is 5.76 Å². The largest absolute Gasteiger partial charge is 0.456 e. The molecule has 0 aliphatic carbocycles. The van der Waals surface area contributed by atoms with Gasteiger partial charge in [0.25, 0.3) is 0 Å². The van der Waals surface area contributed by atoms with E-state index in [1.807, 2.05) is 6.92 Å². The Kier molecular flexibility index (Phi) is 4.61. The molecule has 1 aromatic rings. The van der Waals surface area contributed by atoms with Crippen molar-refractivity contribution in [3.05, 3.63) is 23.2 Å². The van der Waals surface area contributed by atoms with Crippen LogP contribution in [0.1, 0.15) is 48.1 Å². The molecule has 5 heteroatoms. The maximum Gasteiger partial charge on any atom is 0.300 e. The van der Waals surface area contributed by atoms with Crippen molar-refractivity contribution in [3.63, 3.8) is 0 Å². The van der Waals surface area contributed by atoms with Gasteiger partial charge in [0.1, 0.15) is 5.76 Å². The number of hydrogen-bond acceptors (Lipinski definition) is 4. The molecule has 3 N–H and O–H groups in total. The number of amides is 1. The monoisotopic (exact) mass is 265 g/mol. The molecule has 0 aromatic carbocycles. The number of rotatable bonds is 3. The van der Waals surface area contributed by atoms with E-state index in [2.05, 4.69) is 17.2 Å². The summed E-state index contributed by atoms with van der Waals surface area (Å²) < 4.78 is 5.44. The van der Waals surface area contributed by atoms with E-state index in [0.717, 1.165) is 36.9 Å². The third-order valence-corrected chi connectivity index (χ3v) is 3.88. The molecule has 1 fully saturated rings. The molecule has 1 aliphatic heterocycles. The molecule has 0 bridgehead atoms. The van der Waals surface area contributed by atoms with Gasteiger partial charge in [0.05, 0.1) is 0 Å². The molecule has 1 saturated heterocycles. The van der Waals surface area contributed by atoms with Gasteiger partial charge >= 0.3 is 5.91 Å². The number of hydrogen-bond donors (Lipinski definition) is 2. The van der Waals surface area contributed by atoms with Crippen molar-refractivity contribution < 1.29 is 9.21 Å². The van der Waals surface area contributed by atoms with E-state index in [9.17, 15) is 4.79 Å². The van der Waals surface area contributed by atoms with Crippen LogP contribution in [0.15, 0.2) is 10.5 Å². The van der Waals surface area contributed by atoms with E-state index in [1.54, 1.807) is 6.07 Å². The first-order valence-electron chi connectivity index (χ1n) is 6.92. The van der Waals surface area contributed by atoms with Crippen LogP contribution in [0.4, 0.5) is 0 Å². The summed E-state index contributed by atoms with van der Waals surface area (Å²) in [5, 5.41) is 0. The molecule has 1 atom stereocenters. The Morgan fingerprint density at radius 1 is 1.53 bits per heavy atom. The van der Waals surface area contributed by atoms with Gasteiger partial charge in [-0.15, -0.1) is 0 Å². The van der Waals surface area contributed by atoms with Gasteiger partial charge < -0.3 is 4.42 Å². The molecule has 1 unspecified atom stereocenters. The van der Waals surface area contributed by atoms with E-state index in [0.29, 0.717) is 0 Å². The van der Waals surface area contributed by atoms with Crippen LogP contribution in [0.25, 0.3) is 0 Å². The predicted octanol–water partition coefficient (Wildman–Crippen LogP) is 1.81. The van der Waals surface area contributed by atoms with Crippen LogP contribution in [-0.4, -0.2) is 23.9 Å². The zero-order valence-electron chi connectivity index (χ0n) is 11.7. The van der Waals surface area contributed by atoms with E-state index in [1.165, 1.54) is 19.3 Å². The maximum atomic E-state index is 11.4. The second-order valence-corrected chi connectivity index (χ2v) is 5.48. The Morgan fingerprint density at radius 3 is 3.05 bits per heavy atom. The first-order valence-corrected chi connectivity index (χ1v) is 6.92. The van der Waals surface area contributed by atoms with Crippen molar-refractivity contribution in [2.24, 2.45) is 11.8 Å². The van der Waals surface area contributed by atoms with E-state index in [4.69, 9.17) is 10.3 Å². The summed E-state index contributed by atoms with van der Waals surface area (Å²) in [7, 11) is 0. The van der Waals surface area contributed by atoms with Crippen LogP contribution in [0, 0.1) is 12.8 Å². The topological polar surface area (TPSA) is 71.5 Å². The fourth-order valence-corrected chi connectivity index (χ4v) is 2.58. The molecule has 0 spiro atoms. The quantitative estimate of drug-likeness (QED) is 0.497. The van der Waals surface area contributed by atoms with Crippen molar-refractivity contribution in [3.8, 4) is 0 Å². The number of nitrogen functional groups attached to an aromatic ring is 1. The number of carbonyl (C=O) groups is 1. The molecule has 1 aromatic heterocycles. The van der Waals surface area contributed by atoms with Crippen molar-refractivity contribution in [2.45, 2.75) is 39.7 Å². The number of likely N-dealkylation sites (tertiary alicyclic amines) is 1. The normalized spacial score (nSPS) is 21.1. The highest BCUT2D eigenvalue weighted by atomic mass is 16.4. The number of carbonyl (C=O) groups excluding carboxylic acids is 1. The molecule has 1 amide bonds. The molecule has 2 heterocycles. The van der Waals surface area contributed by atoms with Crippen LogP contribution in [0.2, 0.25) is 0 Å². The summed E-state index contributed by atoms with van der Waals surface area (Å²) in [6.45, 7) is 7.29. The van der Waals surface area contributed by atoms with Crippen molar-refractivity contribution >= 4 is 5.91 Å². The fraction of sp³-hybridized carbons (Fsp3) is 0.643. The lowest BCUT2D eigenvalue weighted by Crippen LogP contribution is -2.29. The van der Waals surface area contributed by atoms with Gasteiger partial charge in [0.2, 0.25) is 0 Å². The third kappa shape index (κ3) is 3.58. The van der Waals surface area contributed by atoms with Crippen molar-refractivity contribution in [1.82, 2.24) is 10.3 Å². The highest BCUT2D eigenvalue weighted by Gasteiger charge is 2.18. The van der Waals surface area contributed by atoms with E-state index in [-0.39, 0.29) is 11.7 Å². The molecular formula is C14H23N3O2. The van der Waals surface area contributed by atoms with Crippen LogP contribution < -0.4 is 11.3 Å². The van der Waals surface area contributed by atoms with Crippen molar-refractivity contribution in [2.75, 3.05) is 13.1 Å². The highest BCUT2D eigenvalue weighted by molar-refractivity contribution is 5.91. The first kappa shape index (κ1) is 14.1. The molecule has 106 valence electrons. The predicted molar refractivity (Wildman–Crippen MR) is 73.4 cm³/mol. The fourth-order valence-electron chi connectivity index (χ4n) is 2.58. The number of furan rings is 1. The molecule has 2 rings (SSSR count). The zero-order chi connectivity index (χ0) is 13.8. The molecular weight excluding hydrogens is 242 g/mol. The molecule has 0 saturated carbocycles. The summed E-state index contributed by atoms with van der Waals surface area (Å²) in [6, 6.07) is 1.80. The van der Waals surface area contributed by atoms with Crippen LogP contribution >= 0.6 is 0 Å². The summed E-state index contributed by atoms with van der Waals surface area (Å²) in [5.74, 6) is 6.64. The number of aryl methyl sites for hydroxylation is 1. The van der Waals surface area contributed by atoms with Gasteiger partial charge in [-0.3, -0.25) is 15.1 Å². The average molecular weight is 265 g/mol. The Morgan fingerprint density at radius 2 is 2.32 bits per heavy atom. The zero-order valence-corrected chi connectivity index (χ0v) is 11.7. The molecule has 1 aliphatic rings. The smallest absolute Gasteiger partial charge is 0.300 e. The van der Waals surface area contributed by atoms with Gasteiger partial charge in [-0.25, -0.2) is 5.84 Å². The average Bonchev–Trinajstić information content (AvgIpc) is 2.62. The third-order valence-electron chi connectivity index (χ3n) is 3.88. The van der Waals surface area contributed by atoms with Crippen molar-refractivity contribution in [1.29, 1.82) is 0 Å². The van der Waals surface area contributed by atoms with Gasteiger partial charge in [-0.2, -0.15) is 0 Å². The summed E-state index contributed by atoms with van der Waals surface area (Å²) in [5.41, 5.74) is 3.17.